The molecule has 3 N–H and O–H groups in total. The van der Waals surface area contributed by atoms with Crippen molar-refractivity contribution in [2.24, 2.45) is 11.7 Å². The van der Waals surface area contributed by atoms with Gasteiger partial charge >= 0.3 is 12.2 Å². The Hall–Kier alpha value is -4.15. The van der Waals surface area contributed by atoms with E-state index in [1.807, 2.05) is 30.3 Å². The molecule has 11 heteroatoms. The fraction of sp³-hybridized carbons (Fsp3) is 0.375. The Morgan fingerprint density at radius 3 is 2.37 bits per heavy atom. The lowest BCUT2D eigenvalue weighted by atomic mass is 9.86. The molecule has 186 valence electrons. The van der Waals surface area contributed by atoms with Crippen LogP contribution in [0.15, 0.2) is 54.6 Å². The van der Waals surface area contributed by atoms with Gasteiger partial charge in [-0.3, -0.25) is 14.9 Å². The predicted octanol–water partition coefficient (Wildman–Crippen LogP) is 3.28. The number of nitrogens with zero attached hydrogens (tertiary/aromatic N) is 2. The van der Waals surface area contributed by atoms with Crippen molar-refractivity contribution >= 4 is 23.8 Å². The van der Waals surface area contributed by atoms with Gasteiger partial charge in [-0.2, -0.15) is 0 Å². The largest absolute Gasteiger partial charge is 0.445 e. The number of nitrogens with one attached hydrogen (secondary N) is 1. The van der Waals surface area contributed by atoms with Crippen molar-refractivity contribution in [2.45, 2.75) is 38.5 Å². The lowest BCUT2D eigenvalue weighted by molar-refractivity contribution is -0.386. The van der Waals surface area contributed by atoms with E-state index in [1.165, 1.54) is 18.2 Å². The molecular formula is C24H28N4O7. The highest BCUT2D eigenvalue weighted by atomic mass is 16.6. The number of rotatable bonds is 8. The van der Waals surface area contributed by atoms with Gasteiger partial charge in [0.2, 0.25) is 5.91 Å². The third-order valence-electron chi connectivity index (χ3n) is 5.88. The quantitative estimate of drug-likeness (QED) is 0.430. The maximum absolute atomic E-state index is 12.8. The molecule has 2 aromatic carbocycles. The molecule has 2 atom stereocenters. The average Bonchev–Trinajstić information content (AvgIpc) is 2.86. The van der Waals surface area contributed by atoms with Crippen LogP contribution in [-0.2, 0) is 20.9 Å². The normalized spacial score (nSPS) is 15.5. The molecule has 3 rings (SSSR count). The third-order valence-corrected chi connectivity index (χ3v) is 5.88. The van der Waals surface area contributed by atoms with Gasteiger partial charge in [-0.15, -0.1) is 0 Å². The summed E-state index contributed by atoms with van der Waals surface area (Å²) in [7, 11) is 0. The van der Waals surface area contributed by atoms with E-state index in [-0.39, 0.29) is 29.7 Å². The standard InChI is InChI=1S/C24H28N4O7/c1-16(26-24(31)34-15-17-7-3-2-4-8-17)22(29)27-13-11-18(12-14-27)21(35-23(25)30)19-9-5-6-10-20(19)28(32)33/h2-10,16,18,21H,11-15H2,1H3,(H2,25,30)(H,26,31)/t16-,21-/m0/s1. The van der Waals surface area contributed by atoms with E-state index >= 15 is 0 Å². The average molecular weight is 485 g/mol. The molecule has 0 aliphatic carbocycles. The van der Waals surface area contributed by atoms with Crippen LogP contribution < -0.4 is 11.1 Å². The number of benzene rings is 2. The number of primary amides is 1. The van der Waals surface area contributed by atoms with Gasteiger partial charge in [0.1, 0.15) is 18.8 Å². The van der Waals surface area contributed by atoms with E-state index in [0.717, 1.165) is 5.56 Å². The number of nitro groups is 1. The second-order valence-corrected chi connectivity index (χ2v) is 8.26. The van der Waals surface area contributed by atoms with E-state index in [0.29, 0.717) is 25.9 Å². The number of piperidine rings is 1. The molecule has 1 heterocycles. The molecule has 0 unspecified atom stereocenters. The zero-order chi connectivity index (χ0) is 25.4. The van der Waals surface area contributed by atoms with E-state index < -0.39 is 29.3 Å². The number of amides is 3. The second kappa shape index (κ2) is 11.8. The molecule has 1 saturated heterocycles. The summed E-state index contributed by atoms with van der Waals surface area (Å²) in [4.78, 5) is 49.0. The summed E-state index contributed by atoms with van der Waals surface area (Å²) < 4.78 is 10.4. The minimum atomic E-state index is -1.03. The van der Waals surface area contributed by atoms with Crippen molar-refractivity contribution in [1.29, 1.82) is 0 Å². The molecule has 3 amide bonds. The van der Waals surface area contributed by atoms with E-state index in [2.05, 4.69) is 5.32 Å². The van der Waals surface area contributed by atoms with Crippen LogP contribution in [0, 0.1) is 16.0 Å². The summed E-state index contributed by atoms with van der Waals surface area (Å²) >= 11 is 0. The van der Waals surface area contributed by atoms with Crippen LogP contribution in [0.25, 0.3) is 0 Å². The number of para-hydroxylation sites is 1. The van der Waals surface area contributed by atoms with Crippen LogP contribution in [-0.4, -0.2) is 47.0 Å². The number of alkyl carbamates (subject to hydrolysis) is 1. The van der Waals surface area contributed by atoms with Crippen LogP contribution >= 0.6 is 0 Å². The number of nitro benzene ring substituents is 1. The second-order valence-electron chi connectivity index (χ2n) is 8.26. The summed E-state index contributed by atoms with van der Waals surface area (Å²) in [6, 6.07) is 14.4. The van der Waals surface area contributed by atoms with E-state index in [9.17, 15) is 24.5 Å². The number of nitrogens with two attached hydrogens (primary N) is 1. The number of ether oxygens (including phenoxy) is 2. The van der Waals surface area contributed by atoms with Gasteiger partial charge < -0.3 is 25.4 Å². The van der Waals surface area contributed by atoms with Crippen LogP contribution in [0.4, 0.5) is 15.3 Å². The third kappa shape index (κ3) is 6.92. The number of carbonyl (C=O) groups excluding carboxylic acids is 3. The Kier molecular flexibility index (Phi) is 8.60. The topological polar surface area (TPSA) is 154 Å². The van der Waals surface area contributed by atoms with Crippen LogP contribution in [0.2, 0.25) is 0 Å². The zero-order valence-electron chi connectivity index (χ0n) is 19.3. The van der Waals surface area contributed by atoms with Gasteiger partial charge in [0.05, 0.1) is 10.5 Å². The van der Waals surface area contributed by atoms with Gasteiger partial charge in [0.25, 0.3) is 5.69 Å². The maximum Gasteiger partial charge on any atom is 0.408 e. The van der Waals surface area contributed by atoms with Gasteiger partial charge in [0, 0.05) is 25.1 Å². The number of likely N-dealkylation sites (tertiary alicyclic amines) is 1. The van der Waals surface area contributed by atoms with E-state index in [4.69, 9.17) is 15.2 Å². The Bertz CT molecular complexity index is 1050. The highest BCUT2D eigenvalue weighted by molar-refractivity contribution is 5.85. The van der Waals surface area contributed by atoms with Crippen molar-refractivity contribution in [3.8, 4) is 0 Å². The predicted molar refractivity (Wildman–Crippen MR) is 125 cm³/mol. The summed E-state index contributed by atoms with van der Waals surface area (Å²) in [5.41, 5.74) is 6.17. The molecule has 0 aromatic heterocycles. The van der Waals surface area contributed by atoms with Crippen molar-refractivity contribution in [1.82, 2.24) is 10.2 Å². The van der Waals surface area contributed by atoms with Crippen molar-refractivity contribution < 1.29 is 28.8 Å². The molecule has 0 saturated carbocycles. The Morgan fingerprint density at radius 2 is 1.74 bits per heavy atom. The Labute approximate surface area is 202 Å². The number of hydrogen-bond donors (Lipinski definition) is 2. The summed E-state index contributed by atoms with van der Waals surface area (Å²) in [6.07, 6.45) is -1.77. The first-order valence-electron chi connectivity index (χ1n) is 11.2. The Morgan fingerprint density at radius 1 is 1.11 bits per heavy atom. The smallest absolute Gasteiger partial charge is 0.408 e. The number of carbonyl (C=O) groups is 3. The molecule has 1 aliphatic heterocycles. The van der Waals surface area contributed by atoms with Crippen molar-refractivity contribution in [2.75, 3.05) is 13.1 Å². The SMILES string of the molecule is C[C@H](NC(=O)OCc1ccccc1)C(=O)N1CCC([C@H](OC(N)=O)c2ccccc2[N+](=O)[O-])CC1. The van der Waals surface area contributed by atoms with Gasteiger partial charge in [0.15, 0.2) is 0 Å². The Balaban J connectivity index is 1.57. The first kappa shape index (κ1) is 25.5. The lowest BCUT2D eigenvalue weighted by Gasteiger charge is -2.36. The summed E-state index contributed by atoms with van der Waals surface area (Å²) in [6.45, 7) is 2.32. The van der Waals surface area contributed by atoms with Crippen molar-refractivity contribution in [3.05, 3.63) is 75.8 Å². The molecule has 11 nitrogen and oxygen atoms in total. The first-order chi connectivity index (χ1) is 16.8. The molecule has 0 bridgehead atoms. The molecule has 2 aromatic rings. The van der Waals surface area contributed by atoms with Gasteiger partial charge in [-0.25, -0.2) is 9.59 Å². The van der Waals surface area contributed by atoms with Crippen LogP contribution in [0.1, 0.15) is 37.0 Å². The highest BCUT2D eigenvalue weighted by Gasteiger charge is 2.36. The van der Waals surface area contributed by atoms with Crippen LogP contribution in [0.3, 0.4) is 0 Å². The minimum absolute atomic E-state index is 0.0891. The molecule has 1 aliphatic rings. The monoisotopic (exact) mass is 484 g/mol. The van der Waals surface area contributed by atoms with Crippen LogP contribution in [0.5, 0.6) is 0 Å². The maximum atomic E-state index is 12.8. The minimum Gasteiger partial charge on any atom is -0.445 e. The lowest BCUT2D eigenvalue weighted by Crippen LogP contribution is -2.50. The van der Waals surface area contributed by atoms with E-state index in [1.54, 1.807) is 17.9 Å². The summed E-state index contributed by atoms with van der Waals surface area (Å²) in [5.74, 6) is -0.551. The fourth-order valence-electron chi connectivity index (χ4n) is 4.13. The molecule has 0 radical (unpaired) electrons. The molecule has 1 fully saturated rings. The van der Waals surface area contributed by atoms with Gasteiger partial charge in [-0.05, 0) is 31.4 Å². The van der Waals surface area contributed by atoms with Gasteiger partial charge in [-0.1, -0.05) is 42.5 Å². The molecular weight excluding hydrogens is 456 g/mol. The molecule has 0 spiro atoms. The first-order valence-corrected chi connectivity index (χ1v) is 11.2. The summed E-state index contributed by atoms with van der Waals surface area (Å²) in [5, 5.41) is 14.0. The highest BCUT2D eigenvalue weighted by Crippen LogP contribution is 2.38. The number of hydrogen-bond acceptors (Lipinski definition) is 7. The fourth-order valence-corrected chi connectivity index (χ4v) is 4.13. The molecule has 35 heavy (non-hydrogen) atoms. The van der Waals surface area contributed by atoms with Crippen molar-refractivity contribution in [3.63, 3.8) is 0 Å². The zero-order valence-corrected chi connectivity index (χ0v) is 19.3.